The first-order chi connectivity index (χ1) is 13.3. The molecule has 28 heavy (non-hydrogen) atoms. The molecule has 1 aliphatic heterocycles. The van der Waals surface area contributed by atoms with Crippen LogP contribution in [0.15, 0.2) is 30.3 Å². The molecule has 1 N–H and O–H groups in total. The van der Waals surface area contributed by atoms with Gasteiger partial charge in [0.15, 0.2) is 0 Å². The summed E-state index contributed by atoms with van der Waals surface area (Å²) in [6.45, 7) is 6.28. The summed E-state index contributed by atoms with van der Waals surface area (Å²) < 4.78 is 25.3. The van der Waals surface area contributed by atoms with Crippen LogP contribution in [0.25, 0.3) is 0 Å². The van der Waals surface area contributed by atoms with Crippen molar-refractivity contribution in [1.29, 1.82) is 0 Å². The third-order valence-corrected chi connectivity index (χ3v) is 5.26. The molecular weight excluding hydrogens is 404 g/mol. The number of benzene rings is 2. The molecule has 0 aliphatic carbocycles. The van der Waals surface area contributed by atoms with E-state index in [0.717, 1.165) is 16.9 Å². The highest BCUT2D eigenvalue weighted by atomic mass is 35.5. The normalized spacial score (nSPS) is 18.9. The summed E-state index contributed by atoms with van der Waals surface area (Å²) in [5.41, 5.74) is 2.80. The van der Waals surface area contributed by atoms with Gasteiger partial charge in [-0.05, 0) is 49.2 Å². The fraction of sp³-hybridized carbons (Fsp3) is 0.429. The van der Waals surface area contributed by atoms with Crippen LogP contribution in [0.4, 0.5) is 4.39 Å². The van der Waals surface area contributed by atoms with Gasteiger partial charge >= 0.3 is 0 Å². The molecule has 2 aromatic rings. The van der Waals surface area contributed by atoms with E-state index in [2.05, 4.69) is 11.0 Å². The largest absolute Gasteiger partial charge is 0.491 e. The van der Waals surface area contributed by atoms with Crippen molar-refractivity contribution in [3.05, 3.63) is 62.9 Å². The zero-order chi connectivity index (χ0) is 20.3. The van der Waals surface area contributed by atoms with Gasteiger partial charge in [0.2, 0.25) is 0 Å². The van der Waals surface area contributed by atoms with E-state index < -0.39 is 11.9 Å². The molecule has 0 saturated carbocycles. The first-order valence-electron chi connectivity index (χ1n) is 9.19. The maximum absolute atomic E-state index is 13.8. The first-order valence-corrected chi connectivity index (χ1v) is 9.95. The smallest absolute Gasteiger partial charge is 0.142 e. The molecule has 3 rings (SSSR count). The van der Waals surface area contributed by atoms with E-state index >= 15 is 0 Å². The van der Waals surface area contributed by atoms with E-state index in [1.165, 1.54) is 12.1 Å². The van der Waals surface area contributed by atoms with Gasteiger partial charge in [-0.15, -0.1) is 0 Å². The molecule has 1 aliphatic rings. The molecule has 152 valence electrons. The zero-order valence-corrected chi connectivity index (χ0v) is 17.4. The molecule has 1 saturated heterocycles. The van der Waals surface area contributed by atoms with Crippen molar-refractivity contribution in [3.8, 4) is 5.75 Å². The van der Waals surface area contributed by atoms with Crippen molar-refractivity contribution in [2.24, 2.45) is 0 Å². The van der Waals surface area contributed by atoms with Crippen LogP contribution >= 0.6 is 23.2 Å². The van der Waals surface area contributed by atoms with Crippen LogP contribution in [0.2, 0.25) is 10.0 Å². The fourth-order valence-corrected chi connectivity index (χ4v) is 3.91. The van der Waals surface area contributed by atoms with Crippen molar-refractivity contribution in [2.45, 2.75) is 26.1 Å². The van der Waals surface area contributed by atoms with Gasteiger partial charge in [-0.1, -0.05) is 29.3 Å². The zero-order valence-electron chi connectivity index (χ0n) is 15.9. The van der Waals surface area contributed by atoms with Crippen molar-refractivity contribution in [1.82, 2.24) is 4.90 Å². The minimum Gasteiger partial charge on any atom is -0.491 e. The highest BCUT2D eigenvalue weighted by Gasteiger charge is 2.26. The molecule has 2 atom stereocenters. The van der Waals surface area contributed by atoms with Gasteiger partial charge in [0, 0.05) is 30.2 Å². The predicted molar refractivity (Wildman–Crippen MR) is 109 cm³/mol. The van der Waals surface area contributed by atoms with Crippen molar-refractivity contribution in [2.75, 3.05) is 32.8 Å². The molecule has 1 fully saturated rings. The van der Waals surface area contributed by atoms with E-state index in [0.29, 0.717) is 36.8 Å². The van der Waals surface area contributed by atoms with Gasteiger partial charge < -0.3 is 14.6 Å². The summed E-state index contributed by atoms with van der Waals surface area (Å²) in [7, 11) is 0. The summed E-state index contributed by atoms with van der Waals surface area (Å²) in [5.74, 6) is 0.225. The second-order valence-corrected chi connectivity index (χ2v) is 8.01. The van der Waals surface area contributed by atoms with Gasteiger partial charge in [0.25, 0.3) is 0 Å². The van der Waals surface area contributed by atoms with Crippen molar-refractivity contribution >= 4 is 23.2 Å². The second kappa shape index (κ2) is 9.42. The third kappa shape index (κ3) is 5.58. The number of hydrogen-bond donors (Lipinski definition) is 1. The number of rotatable bonds is 6. The molecule has 0 spiro atoms. The molecule has 4 nitrogen and oxygen atoms in total. The first kappa shape index (κ1) is 21.3. The van der Waals surface area contributed by atoms with Crippen LogP contribution < -0.4 is 4.74 Å². The fourth-order valence-electron chi connectivity index (χ4n) is 3.40. The van der Waals surface area contributed by atoms with Gasteiger partial charge in [-0.25, -0.2) is 4.39 Å². The maximum atomic E-state index is 13.8. The number of aliphatic hydroxyl groups excluding tert-OH is 1. The lowest BCUT2D eigenvalue weighted by Crippen LogP contribution is -2.43. The van der Waals surface area contributed by atoms with Gasteiger partial charge in [-0.3, -0.25) is 4.90 Å². The van der Waals surface area contributed by atoms with E-state index in [9.17, 15) is 9.50 Å². The van der Waals surface area contributed by atoms with E-state index in [4.69, 9.17) is 32.7 Å². The molecule has 0 radical (unpaired) electrons. The van der Waals surface area contributed by atoms with Crippen LogP contribution in [0, 0.1) is 19.7 Å². The lowest BCUT2D eigenvalue weighted by molar-refractivity contribution is -0.0460. The van der Waals surface area contributed by atoms with Gasteiger partial charge in [-0.2, -0.15) is 0 Å². The Balaban J connectivity index is 1.56. The number of nitrogens with zero attached hydrogens (tertiary/aromatic N) is 1. The molecule has 2 aromatic carbocycles. The topological polar surface area (TPSA) is 41.9 Å². The number of β-amino-alcohol motifs (C(OH)–C–C–N with tert-alkyl or cyclic N) is 1. The van der Waals surface area contributed by atoms with Gasteiger partial charge in [0.1, 0.15) is 24.3 Å². The number of aryl methyl sites for hydroxylation is 2. The Morgan fingerprint density at radius 1 is 1.18 bits per heavy atom. The number of halogens is 3. The molecule has 2 unspecified atom stereocenters. The number of hydrogen-bond acceptors (Lipinski definition) is 4. The molecular formula is C21H24Cl2FNO3. The number of aliphatic hydroxyl groups is 1. The summed E-state index contributed by atoms with van der Waals surface area (Å²) in [6, 6.07) is 8.67. The summed E-state index contributed by atoms with van der Waals surface area (Å²) in [6.07, 6.45) is -1.03. The van der Waals surface area contributed by atoms with E-state index in [1.54, 1.807) is 0 Å². The Morgan fingerprint density at radius 3 is 2.61 bits per heavy atom. The Labute approximate surface area is 174 Å². The van der Waals surface area contributed by atoms with Crippen LogP contribution in [0.1, 0.15) is 22.8 Å². The highest BCUT2D eigenvalue weighted by molar-refractivity contribution is 6.35. The maximum Gasteiger partial charge on any atom is 0.142 e. The molecule has 0 bridgehead atoms. The van der Waals surface area contributed by atoms with Crippen LogP contribution in [-0.4, -0.2) is 49.0 Å². The Kier molecular flexibility index (Phi) is 7.18. The minimum atomic E-state index is -0.656. The minimum absolute atomic E-state index is 0.0135. The SMILES string of the molecule is Cc1cc(C)cc(OCC(O)CN2CCOC(c3cc(F)c(Cl)cc3Cl)C2)c1. The molecule has 0 aromatic heterocycles. The second-order valence-electron chi connectivity index (χ2n) is 7.20. The van der Waals surface area contributed by atoms with Crippen molar-refractivity contribution < 1.29 is 19.0 Å². The Morgan fingerprint density at radius 2 is 1.89 bits per heavy atom. The van der Waals surface area contributed by atoms with Crippen LogP contribution in [0.3, 0.4) is 0 Å². The predicted octanol–water partition coefficient (Wildman–Crippen LogP) is 4.56. The number of morpholine rings is 1. The monoisotopic (exact) mass is 427 g/mol. The summed E-state index contributed by atoms with van der Waals surface area (Å²) in [4.78, 5) is 2.06. The quantitative estimate of drug-likeness (QED) is 0.685. The standard InChI is InChI=1S/C21H24Cl2FNO3/c1-13-5-14(2)7-16(6-13)28-12-15(26)10-25-3-4-27-21(11-25)17-8-20(24)19(23)9-18(17)22/h5-9,15,21,26H,3-4,10-12H2,1-2H3. The van der Waals surface area contributed by atoms with E-state index in [1.807, 2.05) is 26.0 Å². The van der Waals surface area contributed by atoms with Crippen LogP contribution in [0.5, 0.6) is 5.75 Å². The Bertz CT molecular complexity index is 813. The van der Waals surface area contributed by atoms with E-state index in [-0.39, 0.29) is 17.7 Å². The molecule has 7 heteroatoms. The average molecular weight is 428 g/mol. The lowest BCUT2D eigenvalue weighted by atomic mass is 10.1. The third-order valence-electron chi connectivity index (χ3n) is 4.64. The molecule has 0 amide bonds. The van der Waals surface area contributed by atoms with Crippen LogP contribution in [-0.2, 0) is 4.74 Å². The summed E-state index contributed by atoms with van der Waals surface area (Å²) in [5, 5.41) is 10.7. The average Bonchev–Trinajstić information content (AvgIpc) is 2.62. The highest BCUT2D eigenvalue weighted by Crippen LogP contribution is 2.32. The lowest BCUT2D eigenvalue weighted by Gasteiger charge is -2.34. The summed E-state index contributed by atoms with van der Waals surface area (Å²) >= 11 is 12.0. The molecule has 1 heterocycles. The van der Waals surface area contributed by atoms with Crippen molar-refractivity contribution in [3.63, 3.8) is 0 Å². The van der Waals surface area contributed by atoms with Gasteiger partial charge in [0.05, 0.1) is 17.7 Å². The Hall–Kier alpha value is -1.37. The number of ether oxygens (including phenoxy) is 2.